The zero-order valence-corrected chi connectivity index (χ0v) is 13.1. The van der Waals surface area contributed by atoms with Crippen LogP contribution in [0.4, 0.5) is 0 Å². The van der Waals surface area contributed by atoms with Gasteiger partial charge in [-0.15, -0.1) is 0 Å². The molecule has 1 aliphatic rings. The first-order chi connectivity index (χ1) is 9.21. The molecule has 1 aliphatic carbocycles. The average Bonchev–Trinajstić information content (AvgIpc) is 2.34. The summed E-state index contributed by atoms with van der Waals surface area (Å²) in [6.07, 6.45) is 2.82. The molecule has 2 N–H and O–H groups in total. The van der Waals surface area contributed by atoms with E-state index in [-0.39, 0.29) is 23.2 Å². The highest BCUT2D eigenvalue weighted by Crippen LogP contribution is 2.29. The van der Waals surface area contributed by atoms with Gasteiger partial charge in [-0.2, -0.15) is 0 Å². The summed E-state index contributed by atoms with van der Waals surface area (Å²) in [5.41, 5.74) is 0.0139. The van der Waals surface area contributed by atoms with Gasteiger partial charge in [-0.1, -0.05) is 20.3 Å². The van der Waals surface area contributed by atoms with Gasteiger partial charge >= 0.3 is 5.97 Å². The van der Waals surface area contributed by atoms with Gasteiger partial charge in [0.15, 0.2) is 0 Å². The normalized spacial score (nSPS) is 23.6. The third-order valence-electron chi connectivity index (χ3n) is 3.88. The largest absolute Gasteiger partial charge is 0.481 e. The van der Waals surface area contributed by atoms with Crippen molar-refractivity contribution < 1.29 is 14.7 Å². The van der Waals surface area contributed by atoms with E-state index < -0.39 is 5.97 Å². The van der Waals surface area contributed by atoms with Crippen molar-refractivity contribution in [2.45, 2.75) is 39.5 Å². The molecule has 116 valence electrons. The monoisotopic (exact) mass is 284 g/mol. The molecule has 1 amide bonds. The summed E-state index contributed by atoms with van der Waals surface area (Å²) in [5, 5.41) is 12.1. The van der Waals surface area contributed by atoms with Crippen molar-refractivity contribution in [2.24, 2.45) is 17.3 Å². The number of carboxylic acid groups (broad SMARTS) is 1. The molecule has 0 spiro atoms. The van der Waals surface area contributed by atoms with Crippen molar-refractivity contribution in [3.05, 3.63) is 0 Å². The molecule has 2 atom stereocenters. The lowest BCUT2D eigenvalue weighted by Gasteiger charge is -2.30. The standard InChI is InChI=1S/C15H28N2O3/c1-15(2,10-17(3)4)9-16-13(18)11-6-5-7-12(8-11)14(19)20/h11-12H,5-10H2,1-4H3,(H,16,18)(H,19,20). The van der Waals surface area contributed by atoms with Crippen LogP contribution in [-0.4, -0.2) is 49.1 Å². The summed E-state index contributed by atoms with van der Waals surface area (Å²) >= 11 is 0. The number of amides is 1. The number of aliphatic carboxylic acids is 1. The third-order valence-corrected chi connectivity index (χ3v) is 3.88. The summed E-state index contributed by atoms with van der Waals surface area (Å²) in [6, 6.07) is 0. The van der Waals surface area contributed by atoms with E-state index in [1.165, 1.54) is 0 Å². The molecule has 0 heterocycles. The Bertz CT molecular complexity index is 353. The average molecular weight is 284 g/mol. The van der Waals surface area contributed by atoms with Gasteiger partial charge in [0, 0.05) is 19.0 Å². The van der Waals surface area contributed by atoms with Crippen LogP contribution in [0.1, 0.15) is 39.5 Å². The minimum absolute atomic E-state index is 0.0139. The fraction of sp³-hybridized carbons (Fsp3) is 0.867. The molecule has 5 nitrogen and oxygen atoms in total. The van der Waals surface area contributed by atoms with E-state index in [4.69, 9.17) is 5.11 Å². The fourth-order valence-electron chi connectivity index (χ4n) is 3.03. The van der Waals surface area contributed by atoms with Crippen LogP contribution in [0.15, 0.2) is 0 Å². The summed E-state index contributed by atoms with van der Waals surface area (Å²) < 4.78 is 0. The molecule has 0 bridgehead atoms. The molecule has 1 rings (SSSR count). The van der Waals surface area contributed by atoms with Crippen LogP contribution in [-0.2, 0) is 9.59 Å². The summed E-state index contributed by atoms with van der Waals surface area (Å²) in [5.74, 6) is -1.24. The van der Waals surface area contributed by atoms with Gasteiger partial charge in [-0.05, 0) is 38.8 Å². The number of carboxylic acids is 1. The lowest BCUT2D eigenvalue weighted by atomic mass is 9.81. The maximum atomic E-state index is 12.2. The first kappa shape index (κ1) is 17.0. The second kappa shape index (κ2) is 7.07. The Labute approximate surface area is 121 Å². The highest BCUT2D eigenvalue weighted by molar-refractivity contribution is 5.80. The Kier molecular flexibility index (Phi) is 5.99. The number of rotatable bonds is 6. The SMILES string of the molecule is CN(C)CC(C)(C)CNC(=O)C1CCCC(C(=O)O)C1. The molecule has 5 heteroatoms. The van der Waals surface area contributed by atoms with E-state index in [2.05, 4.69) is 24.1 Å². The van der Waals surface area contributed by atoms with E-state index in [0.29, 0.717) is 19.4 Å². The smallest absolute Gasteiger partial charge is 0.306 e. The fourth-order valence-corrected chi connectivity index (χ4v) is 3.03. The minimum Gasteiger partial charge on any atom is -0.481 e. The number of hydrogen-bond acceptors (Lipinski definition) is 3. The molecular formula is C15H28N2O3. The lowest BCUT2D eigenvalue weighted by molar-refractivity contribution is -0.144. The Morgan fingerprint density at radius 3 is 2.40 bits per heavy atom. The van der Waals surface area contributed by atoms with Gasteiger partial charge in [-0.25, -0.2) is 0 Å². The summed E-state index contributed by atoms with van der Waals surface area (Å²) in [7, 11) is 4.03. The van der Waals surface area contributed by atoms with Gasteiger partial charge in [0.1, 0.15) is 0 Å². The van der Waals surface area contributed by atoms with E-state index >= 15 is 0 Å². The van der Waals surface area contributed by atoms with Crippen LogP contribution < -0.4 is 5.32 Å². The second-order valence-electron chi connectivity index (χ2n) is 7.02. The Morgan fingerprint density at radius 1 is 1.25 bits per heavy atom. The van der Waals surface area contributed by atoms with Crippen LogP contribution in [0.3, 0.4) is 0 Å². The van der Waals surface area contributed by atoms with Crippen LogP contribution in [0.25, 0.3) is 0 Å². The molecule has 0 aliphatic heterocycles. The predicted molar refractivity (Wildman–Crippen MR) is 78.4 cm³/mol. The first-order valence-corrected chi connectivity index (χ1v) is 7.36. The molecule has 0 radical (unpaired) electrons. The summed E-state index contributed by atoms with van der Waals surface area (Å²) in [6.45, 7) is 5.76. The number of hydrogen-bond donors (Lipinski definition) is 2. The Balaban J connectivity index is 2.44. The topological polar surface area (TPSA) is 69.6 Å². The van der Waals surface area contributed by atoms with Gasteiger partial charge in [0.05, 0.1) is 5.92 Å². The highest BCUT2D eigenvalue weighted by Gasteiger charge is 2.31. The Morgan fingerprint density at radius 2 is 1.85 bits per heavy atom. The first-order valence-electron chi connectivity index (χ1n) is 7.36. The van der Waals surface area contributed by atoms with Gasteiger partial charge in [-0.3, -0.25) is 9.59 Å². The highest BCUT2D eigenvalue weighted by atomic mass is 16.4. The second-order valence-corrected chi connectivity index (χ2v) is 7.02. The molecule has 2 unspecified atom stereocenters. The number of nitrogens with one attached hydrogen (secondary N) is 1. The summed E-state index contributed by atoms with van der Waals surface area (Å²) in [4.78, 5) is 25.3. The van der Waals surface area contributed by atoms with Crippen molar-refractivity contribution in [1.82, 2.24) is 10.2 Å². The molecule has 20 heavy (non-hydrogen) atoms. The zero-order valence-electron chi connectivity index (χ0n) is 13.1. The van der Waals surface area contributed by atoms with Crippen LogP contribution in [0, 0.1) is 17.3 Å². The molecule has 1 saturated carbocycles. The van der Waals surface area contributed by atoms with Crippen molar-refractivity contribution in [2.75, 3.05) is 27.2 Å². The predicted octanol–water partition coefficient (Wildman–Crippen LogP) is 1.58. The molecule has 0 aromatic carbocycles. The van der Waals surface area contributed by atoms with Crippen molar-refractivity contribution in [3.8, 4) is 0 Å². The Hall–Kier alpha value is -1.10. The van der Waals surface area contributed by atoms with Gasteiger partial charge in [0.2, 0.25) is 5.91 Å². The number of nitrogens with zero attached hydrogens (tertiary/aromatic N) is 1. The van der Waals surface area contributed by atoms with E-state index in [9.17, 15) is 9.59 Å². The van der Waals surface area contributed by atoms with Crippen LogP contribution in [0.5, 0.6) is 0 Å². The minimum atomic E-state index is -0.768. The quantitative estimate of drug-likeness (QED) is 0.777. The molecule has 0 saturated heterocycles. The lowest BCUT2D eigenvalue weighted by Crippen LogP contribution is -2.43. The third kappa shape index (κ3) is 5.49. The van der Waals surface area contributed by atoms with Crippen LogP contribution in [0.2, 0.25) is 0 Å². The maximum Gasteiger partial charge on any atom is 0.306 e. The van der Waals surface area contributed by atoms with Gasteiger partial charge < -0.3 is 15.3 Å². The maximum absolute atomic E-state index is 12.2. The van der Waals surface area contributed by atoms with E-state index in [1.807, 2.05) is 14.1 Å². The molecule has 0 aromatic rings. The molecule has 0 aromatic heterocycles. The number of carbonyl (C=O) groups is 2. The number of carbonyl (C=O) groups excluding carboxylic acids is 1. The van der Waals surface area contributed by atoms with Gasteiger partial charge in [0.25, 0.3) is 0 Å². The van der Waals surface area contributed by atoms with E-state index in [1.54, 1.807) is 0 Å². The van der Waals surface area contributed by atoms with Crippen molar-refractivity contribution >= 4 is 11.9 Å². The van der Waals surface area contributed by atoms with Crippen molar-refractivity contribution in [3.63, 3.8) is 0 Å². The molecule has 1 fully saturated rings. The van der Waals surface area contributed by atoms with E-state index in [0.717, 1.165) is 19.4 Å². The van der Waals surface area contributed by atoms with Crippen molar-refractivity contribution in [1.29, 1.82) is 0 Å². The van der Waals surface area contributed by atoms with Crippen LogP contribution >= 0.6 is 0 Å². The molecular weight excluding hydrogens is 256 g/mol. The zero-order chi connectivity index (χ0) is 15.3.